The molecule has 0 fully saturated rings. The average Bonchev–Trinajstić information content (AvgIpc) is 2.19. The summed E-state index contributed by atoms with van der Waals surface area (Å²) in [6.45, 7) is 3.54. The van der Waals surface area contributed by atoms with Gasteiger partial charge in [0.15, 0.2) is 0 Å². The van der Waals surface area contributed by atoms with Gasteiger partial charge in [0.2, 0.25) is 5.91 Å². The molecule has 1 amide bonds. The molecule has 2 nitrogen and oxygen atoms in total. The summed E-state index contributed by atoms with van der Waals surface area (Å²) in [6.07, 6.45) is 0. The van der Waals surface area contributed by atoms with Gasteiger partial charge in [-0.2, -0.15) is 0 Å². The lowest BCUT2D eigenvalue weighted by Crippen LogP contribution is -2.38. The number of carbonyl (C=O) groups is 1. The lowest BCUT2D eigenvalue weighted by atomic mass is 10.1. The largest absolute Gasteiger partial charge is 0.340 e. The van der Waals surface area contributed by atoms with E-state index >= 15 is 0 Å². The Labute approximate surface area is 108 Å². The van der Waals surface area contributed by atoms with Crippen molar-refractivity contribution >= 4 is 21.8 Å². The van der Waals surface area contributed by atoms with Crippen LogP contribution in [0.15, 0.2) is 18.2 Å². The number of alkyl halides is 1. The van der Waals surface area contributed by atoms with Crippen LogP contribution in [0.4, 0.5) is 8.78 Å². The first kappa shape index (κ1) is 14.1. The number of rotatable bonds is 3. The zero-order chi connectivity index (χ0) is 13.2. The molecule has 0 aliphatic heterocycles. The fourth-order valence-corrected chi connectivity index (χ4v) is 1.73. The van der Waals surface area contributed by atoms with Crippen LogP contribution in [-0.4, -0.2) is 22.2 Å². The van der Waals surface area contributed by atoms with E-state index in [0.29, 0.717) is 5.56 Å². The number of halogens is 3. The van der Waals surface area contributed by atoms with E-state index in [2.05, 4.69) is 15.9 Å². The van der Waals surface area contributed by atoms with Gasteiger partial charge in [-0.1, -0.05) is 22.0 Å². The van der Waals surface area contributed by atoms with Gasteiger partial charge >= 0.3 is 0 Å². The van der Waals surface area contributed by atoms with Crippen molar-refractivity contribution in [3.05, 3.63) is 35.4 Å². The van der Waals surface area contributed by atoms with Gasteiger partial charge in [0.1, 0.15) is 11.6 Å². The van der Waals surface area contributed by atoms with Crippen molar-refractivity contribution in [2.45, 2.75) is 24.7 Å². The van der Waals surface area contributed by atoms with Gasteiger partial charge in [-0.25, -0.2) is 8.78 Å². The Morgan fingerprint density at radius 1 is 1.41 bits per heavy atom. The molecule has 0 heterocycles. The van der Waals surface area contributed by atoms with E-state index in [-0.39, 0.29) is 12.5 Å². The predicted octanol–water partition coefficient (Wildman–Crippen LogP) is 3.10. The smallest absolute Gasteiger partial charge is 0.238 e. The lowest BCUT2D eigenvalue weighted by molar-refractivity contribution is -0.132. The molecular weight excluding hydrogens is 292 g/mol. The Bertz CT molecular complexity index is 429. The van der Waals surface area contributed by atoms with Crippen LogP contribution in [0.1, 0.15) is 19.4 Å². The highest BCUT2D eigenvalue weighted by molar-refractivity contribution is 9.10. The number of hydrogen-bond donors (Lipinski definition) is 0. The van der Waals surface area contributed by atoms with Crippen LogP contribution in [0.25, 0.3) is 0 Å². The highest BCUT2D eigenvalue weighted by Crippen LogP contribution is 2.20. The Morgan fingerprint density at radius 3 is 2.47 bits per heavy atom. The normalized spacial score (nSPS) is 11.4. The summed E-state index contributed by atoms with van der Waals surface area (Å²) >= 11 is 3.24. The van der Waals surface area contributed by atoms with Gasteiger partial charge in [-0.15, -0.1) is 0 Å². The molecule has 0 radical (unpaired) electrons. The maximum Gasteiger partial charge on any atom is 0.238 e. The first-order chi connectivity index (χ1) is 7.71. The molecule has 5 heteroatoms. The predicted molar refractivity (Wildman–Crippen MR) is 65.8 cm³/mol. The summed E-state index contributed by atoms with van der Waals surface area (Å²) in [4.78, 5) is 13.2. The van der Waals surface area contributed by atoms with Crippen molar-refractivity contribution in [2.24, 2.45) is 0 Å². The Kier molecular flexibility index (Phi) is 4.25. The highest BCUT2D eigenvalue weighted by atomic mass is 79.9. The van der Waals surface area contributed by atoms with Crippen molar-refractivity contribution < 1.29 is 13.6 Å². The third kappa shape index (κ3) is 3.77. The molecule has 0 spiro atoms. The van der Waals surface area contributed by atoms with Gasteiger partial charge in [-0.3, -0.25) is 4.79 Å². The van der Waals surface area contributed by atoms with Gasteiger partial charge in [0, 0.05) is 25.2 Å². The maximum atomic E-state index is 13.4. The number of carbonyl (C=O) groups excluding carboxylic acids is 1. The average molecular weight is 306 g/mol. The van der Waals surface area contributed by atoms with Crippen LogP contribution in [-0.2, 0) is 11.3 Å². The zero-order valence-corrected chi connectivity index (χ0v) is 11.5. The monoisotopic (exact) mass is 305 g/mol. The second kappa shape index (κ2) is 5.12. The van der Waals surface area contributed by atoms with Crippen molar-refractivity contribution in [1.29, 1.82) is 0 Å². The van der Waals surface area contributed by atoms with E-state index < -0.39 is 16.0 Å². The number of hydrogen-bond acceptors (Lipinski definition) is 1. The molecule has 0 unspecified atom stereocenters. The molecular formula is C12H14BrF2NO. The molecule has 94 valence electrons. The summed E-state index contributed by atoms with van der Waals surface area (Å²) in [5.41, 5.74) is 0.291. The summed E-state index contributed by atoms with van der Waals surface area (Å²) in [5, 5.41) is 0. The number of amides is 1. The molecule has 1 rings (SSSR count). The highest BCUT2D eigenvalue weighted by Gasteiger charge is 2.27. The zero-order valence-electron chi connectivity index (χ0n) is 9.93. The third-order valence-corrected chi connectivity index (χ3v) is 2.62. The van der Waals surface area contributed by atoms with Crippen LogP contribution in [0.5, 0.6) is 0 Å². The summed E-state index contributed by atoms with van der Waals surface area (Å²) in [5.74, 6) is -1.43. The van der Waals surface area contributed by atoms with E-state index in [0.717, 1.165) is 6.07 Å². The van der Waals surface area contributed by atoms with Crippen LogP contribution >= 0.6 is 15.9 Å². The first-order valence-electron chi connectivity index (χ1n) is 5.10. The van der Waals surface area contributed by atoms with Crippen LogP contribution in [0.2, 0.25) is 0 Å². The molecule has 0 N–H and O–H groups in total. The molecule has 0 atom stereocenters. The van der Waals surface area contributed by atoms with E-state index in [1.807, 2.05) is 0 Å². The SMILES string of the molecule is CN(Cc1ccc(F)cc1F)C(=O)C(C)(C)Br. The summed E-state index contributed by atoms with van der Waals surface area (Å²) < 4.78 is 25.4. The van der Waals surface area contributed by atoms with E-state index in [4.69, 9.17) is 0 Å². The molecule has 0 bridgehead atoms. The Morgan fingerprint density at radius 2 is 2.00 bits per heavy atom. The quantitative estimate of drug-likeness (QED) is 0.786. The van der Waals surface area contributed by atoms with Crippen LogP contribution < -0.4 is 0 Å². The maximum absolute atomic E-state index is 13.4. The van der Waals surface area contributed by atoms with Gasteiger partial charge < -0.3 is 4.90 Å². The molecule has 0 saturated heterocycles. The van der Waals surface area contributed by atoms with Gasteiger partial charge in [0.25, 0.3) is 0 Å². The fourth-order valence-electron chi connectivity index (χ4n) is 1.43. The fraction of sp³-hybridized carbons (Fsp3) is 0.417. The Hall–Kier alpha value is -0.970. The van der Waals surface area contributed by atoms with E-state index in [1.165, 1.54) is 17.0 Å². The second-order valence-corrected chi connectivity index (χ2v) is 6.35. The molecule has 1 aromatic rings. The third-order valence-electron chi connectivity index (χ3n) is 2.28. The van der Waals surface area contributed by atoms with E-state index in [1.54, 1.807) is 20.9 Å². The van der Waals surface area contributed by atoms with Crippen LogP contribution in [0, 0.1) is 11.6 Å². The minimum Gasteiger partial charge on any atom is -0.340 e. The second-order valence-electron chi connectivity index (χ2n) is 4.37. The minimum absolute atomic E-state index is 0.111. The minimum atomic E-state index is -0.696. The van der Waals surface area contributed by atoms with Crippen LogP contribution in [0.3, 0.4) is 0 Å². The standard InChI is InChI=1S/C12H14BrF2NO/c1-12(2,13)11(17)16(3)7-8-4-5-9(14)6-10(8)15/h4-6H,7H2,1-3H3. The topological polar surface area (TPSA) is 20.3 Å². The molecule has 0 aromatic heterocycles. The van der Waals surface area contributed by atoms with Crippen molar-refractivity contribution in [2.75, 3.05) is 7.05 Å². The van der Waals surface area contributed by atoms with Crippen molar-refractivity contribution in [1.82, 2.24) is 4.90 Å². The van der Waals surface area contributed by atoms with Crippen molar-refractivity contribution in [3.63, 3.8) is 0 Å². The number of benzene rings is 1. The van der Waals surface area contributed by atoms with Crippen molar-refractivity contribution in [3.8, 4) is 0 Å². The molecule has 0 aliphatic rings. The summed E-state index contributed by atoms with van der Waals surface area (Å²) in [7, 11) is 1.58. The van der Waals surface area contributed by atoms with Gasteiger partial charge in [0.05, 0.1) is 4.32 Å². The lowest BCUT2D eigenvalue weighted by Gasteiger charge is -2.24. The molecule has 17 heavy (non-hydrogen) atoms. The summed E-state index contributed by atoms with van der Waals surface area (Å²) in [6, 6.07) is 3.33. The molecule has 0 saturated carbocycles. The first-order valence-corrected chi connectivity index (χ1v) is 5.89. The molecule has 0 aliphatic carbocycles. The Balaban J connectivity index is 2.81. The molecule has 1 aromatic carbocycles. The van der Waals surface area contributed by atoms with E-state index in [9.17, 15) is 13.6 Å². The number of nitrogens with zero attached hydrogens (tertiary/aromatic N) is 1. The van der Waals surface area contributed by atoms with Gasteiger partial charge in [-0.05, 0) is 19.9 Å².